The molecule has 3 aromatic carbocycles. The summed E-state index contributed by atoms with van der Waals surface area (Å²) in [6.45, 7) is 1.88. The summed E-state index contributed by atoms with van der Waals surface area (Å²) >= 11 is 0. The molecule has 5 nitrogen and oxygen atoms in total. The van der Waals surface area contributed by atoms with Gasteiger partial charge in [-0.05, 0) is 36.8 Å². The van der Waals surface area contributed by atoms with Crippen molar-refractivity contribution in [2.24, 2.45) is 0 Å². The van der Waals surface area contributed by atoms with E-state index in [0.29, 0.717) is 23.4 Å². The Hall–Kier alpha value is -3.60. The minimum absolute atomic E-state index is 0.283. The van der Waals surface area contributed by atoms with Crippen LogP contribution in [0.4, 0.5) is 5.69 Å². The Morgan fingerprint density at radius 2 is 1.55 bits per heavy atom. The molecule has 0 heterocycles. The molecule has 0 aliphatic heterocycles. The van der Waals surface area contributed by atoms with Crippen LogP contribution in [0.25, 0.3) is 0 Å². The van der Waals surface area contributed by atoms with E-state index >= 15 is 0 Å². The molecule has 0 saturated heterocycles. The average Bonchev–Trinajstić information content (AvgIpc) is 2.76. The zero-order chi connectivity index (χ0) is 20.6. The van der Waals surface area contributed by atoms with Crippen molar-refractivity contribution in [3.63, 3.8) is 0 Å². The molecule has 3 aromatic rings. The predicted octanol–water partition coefficient (Wildman–Crippen LogP) is 3.98. The lowest BCUT2D eigenvalue weighted by atomic mass is 10.0. The number of ether oxygens (including phenoxy) is 1. The first-order valence-electron chi connectivity index (χ1n) is 9.43. The standard InChI is InChI=1S/C24H24N2O3/c1-17-20(14-9-15-22(17)29-2)25-24(28)21(16-18-10-5-3-6-11-18)26-23(27)19-12-7-4-8-13-19/h3-15,21H,16H2,1-2H3,(H,25,28)(H,26,27). The highest BCUT2D eigenvalue weighted by Crippen LogP contribution is 2.25. The molecule has 0 radical (unpaired) electrons. The second-order valence-corrected chi connectivity index (χ2v) is 6.70. The fourth-order valence-electron chi connectivity index (χ4n) is 3.08. The van der Waals surface area contributed by atoms with Crippen molar-refractivity contribution in [2.45, 2.75) is 19.4 Å². The largest absolute Gasteiger partial charge is 0.496 e. The first-order valence-corrected chi connectivity index (χ1v) is 9.43. The van der Waals surface area contributed by atoms with Gasteiger partial charge in [-0.1, -0.05) is 54.6 Å². The number of anilines is 1. The van der Waals surface area contributed by atoms with Crippen LogP contribution in [0.5, 0.6) is 5.75 Å². The van der Waals surface area contributed by atoms with Gasteiger partial charge >= 0.3 is 0 Å². The molecule has 1 atom stereocenters. The van der Waals surface area contributed by atoms with Crippen molar-refractivity contribution in [3.05, 3.63) is 95.6 Å². The van der Waals surface area contributed by atoms with Gasteiger partial charge in [0.25, 0.3) is 5.91 Å². The Labute approximate surface area is 170 Å². The Morgan fingerprint density at radius 1 is 0.897 bits per heavy atom. The van der Waals surface area contributed by atoms with Crippen molar-refractivity contribution in [2.75, 3.05) is 12.4 Å². The molecule has 0 aromatic heterocycles. The Kier molecular flexibility index (Phi) is 6.63. The van der Waals surface area contributed by atoms with E-state index in [1.165, 1.54) is 0 Å². The summed E-state index contributed by atoms with van der Waals surface area (Å²) in [5, 5.41) is 5.80. The molecule has 5 heteroatoms. The first-order chi connectivity index (χ1) is 14.1. The normalized spacial score (nSPS) is 11.4. The first kappa shape index (κ1) is 20.1. The van der Waals surface area contributed by atoms with Crippen molar-refractivity contribution in [3.8, 4) is 5.75 Å². The zero-order valence-corrected chi connectivity index (χ0v) is 16.5. The molecular formula is C24H24N2O3. The van der Waals surface area contributed by atoms with E-state index in [1.54, 1.807) is 31.4 Å². The highest BCUT2D eigenvalue weighted by atomic mass is 16.5. The Morgan fingerprint density at radius 3 is 2.21 bits per heavy atom. The lowest BCUT2D eigenvalue weighted by molar-refractivity contribution is -0.118. The third-order valence-electron chi connectivity index (χ3n) is 4.70. The molecule has 1 unspecified atom stereocenters. The van der Waals surface area contributed by atoms with Crippen molar-refractivity contribution in [1.29, 1.82) is 0 Å². The van der Waals surface area contributed by atoms with E-state index in [9.17, 15) is 9.59 Å². The number of nitrogens with one attached hydrogen (secondary N) is 2. The van der Waals surface area contributed by atoms with E-state index in [2.05, 4.69) is 10.6 Å². The van der Waals surface area contributed by atoms with Crippen LogP contribution in [0.3, 0.4) is 0 Å². The van der Waals surface area contributed by atoms with Crippen molar-refractivity contribution in [1.82, 2.24) is 5.32 Å². The van der Waals surface area contributed by atoms with Gasteiger partial charge in [-0.25, -0.2) is 0 Å². The lowest BCUT2D eigenvalue weighted by Crippen LogP contribution is -2.45. The predicted molar refractivity (Wildman–Crippen MR) is 114 cm³/mol. The SMILES string of the molecule is COc1cccc(NC(=O)C(Cc2ccccc2)NC(=O)c2ccccc2)c1C. The van der Waals surface area contributed by atoms with Gasteiger partial charge < -0.3 is 15.4 Å². The summed E-state index contributed by atoms with van der Waals surface area (Å²) < 4.78 is 5.32. The van der Waals surface area contributed by atoms with Gasteiger partial charge in [-0.2, -0.15) is 0 Å². The maximum atomic E-state index is 13.1. The summed E-state index contributed by atoms with van der Waals surface area (Å²) in [7, 11) is 1.59. The number of carbonyl (C=O) groups excluding carboxylic acids is 2. The summed E-state index contributed by atoms with van der Waals surface area (Å²) in [5.74, 6) is 0.120. The van der Waals surface area contributed by atoms with Gasteiger partial charge in [-0.3, -0.25) is 9.59 Å². The molecule has 3 rings (SSSR count). The second kappa shape index (κ2) is 9.55. The molecule has 148 valence electrons. The summed E-state index contributed by atoms with van der Waals surface area (Å²) in [6.07, 6.45) is 0.383. The molecule has 0 fully saturated rings. The van der Waals surface area contributed by atoms with Crippen LogP contribution in [-0.2, 0) is 11.2 Å². The quantitative estimate of drug-likeness (QED) is 0.643. The highest BCUT2D eigenvalue weighted by Gasteiger charge is 2.23. The van der Waals surface area contributed by atoms with Gasteiger partial charge in [0.2, 0.25) is 5.91 Å². The highest BCUT2D eigenvalue weighted by molar-refractivity contribution is 6.01. The second-order valence-electron chi connectivity index (χ2n) is 6.70. The van der Waals surface area contributed by atoms with Gasteiger partial charge in [-0.15, -0.1) is 0 Å². The van der Waals surface area contributed by atoms with Crippen LogP contribution < -0.4 is 15.4 Å². The van der Waals surface area contributed by atoms with E-state index in [1.807, 2.05) is 61.5 Å². The zero-order valence-electron chi connectivity index (χ0n) is 16.5. The topological polar surface area (TPSA) is 67.4 Å². The smallest absolute Gasteiger partial charge is 0.251 e. The number of benzene rings is 3. The third kappa shape index (κ3) is 5.23. The molecule has 2 N–H and O–H groups in total. The lowest BCUT2D eigenvalue weighted by Gasteiger charge is -2.20. The van der Waals surface area contributed by atoms with Gasteiger partial charge in [0.05, 0.1) is 7.11 Å². The van der Waals surface area contributed by atoms with Crippen LogP contribution in [0, 0.1) is 6.92 Å². The number of rotatable bonds is 7. The molecule has 0 aliphatic rings. The summed E-state index contributed by atoms with van der Waals surface area (Å²) in [6, 6.07) is 23.2. The molecule has 2 amide bonds. The monoisotopic (exact) mass is 388 g/mol. The maximum absolute atomic E-state index is 13.1. The van der Waals surface area contributed by atoms with Gasteiger partial charge in [0.15, 0.2) is 0 Å². The van der Waals surface area contributed by atoms with Crippen LogP contribution in [0.2, 0.25) is 0 Å². The fourth-order valence-corrected chi connectivity index (χ4v) is 3.08. The minimum atomic E-state index is -0.726. The van der Waals surface area contributed by atoms with Crippen LogP contribution in [-0.4, -0.2) is 25.0 Å². The average molecular weight is 388 g/mol. The summed E-state index contributed by atoms with van der Waals surface area (Å²) in [5.41, 5.74) is 2.96. The van der Waals surface area contributed by atoms with Gasteiger partial charge in [0.1, 0.15) is 11.8 Å². The molecule has 29 heavy (non-hydrogen) atoms. The molecule has 0 spiro atoms. The number of hydrogen-bond acceptors (Lipinski definition) is 3. The van der Waals surface area contributed by atoms with Crippen molar-refractivity contribution < 1.29 is 14.3 Å². The summed E-state index contributed by atoms with van der Waals surface area (Å²) in [4.78, 5) is 25.7. The van der Waals surface area contributed by atoms with Crippen LogP contribution in [0.15, 0.2) is 78.9 Å². The van der Waals surface area contributed by atoms with E-state index < -0.39 is 6.04 Å². The Balaban J connectivity index is 1.82. The number of methoxy groups -OCH3 is 1. The molecule has 0 aliphatic carbocycles. The minimum Gasteiger partial charge on any atom is -0.496 e. The maximum Gasteiger partial charge on any atom is 0.251 e. The Bertz CT molecular complexity index is 972. The van der Waals surface area contributed by atoms with E-state index in [4.69, 9.17) is 4.74 Å². The van der Waals surface area contributed by atoms with Gasteiger partial charge in [0, 0.05) is 23.2 Å². The van der Waals surface area contributed by atoms with Crippen LogP contribution in [0.1, 0.15) is 21.5 Å². The van der Waals surface area contributed by atoms with E-state index in [-0.39, 0.29) is 11.8 Å². The number of hydrogen-bond donors (Lipinski definition) is 2. The number of amides is 2. The fraction of sp³-hybridized carbons (Fsp3) is 0.167. The molecule has 0 saturated carbocycles. The van der Waals surface area contributed by atoms with Crippen molar-refractivity contribution >= 4 is 17.5 Å². The van der Waals surface area contributed by atoms with E-state index in [0.717, 1.165) is 11.1 Å². The molecular weight excluding hydrogens is 364 g/mol. The third-order valence-corrected chi connectivity index (χ3v) is 4.70. The molecule has 0 bridgehead atoms. The van der Waals surface area contributed by atoms with Crippen LogP contribution >= 0.6 is 0 Å². The number of carbonyl (C=O) groups is 2.